The molecule has 2 aliphatic rings. The fraction of sp³-hybridized carbons (Fsp3) is 0.556. The van der Waals surface area contributed by atoms with Crippen molar-refractivity contribution in [3.63, 3.8) is 0 Å². The molecule has 0 radical (unpaired) electrons. The molecular weight excluding hydrogens is 304 g/mol. The number of likely N-dealkylation sites (tertiary alicyclic amines) is 1. The molecule has 6 heteroatoms. The first kappa shape index (κ1) is 16.8. The molecule has 130 valence electrons. The number of carbonyl (C=O) groups is 2. The summed E-state index contributed by atoms with van der Waals surface area (Å²) in [5, 5.41) is 0. The summed E-state index contributed by atoms with van der Waals surface area (Å²) in [4.78, 5) is 30.9. The molecule has 2 aliphatic heterocycles. The van der Waals surface area contributed by atoms with Crippen molar-refractivity contribution in [3.8, 4) is 0 Å². The van der Waals surface area contributed by atoms with Crippen molar-refractivity contribution in [1.82, 2.24) is 14.7 Å². The highest BCUT2D eigenvalue weighted by molar-refractivity contribution is 5.99. The molecular formula is C18H26N4O2. The Labute approximate surface area is 143 Å². The fourth-order valence-electron chi connectivity index (χ4n) is 3.45. The molecule has 0 unspecified atom stereocenters. The molecule has 2 N–H and O–H groups in total. The number of amides is 2. The van der Waals surface area contributed by atoms with E-state index in [0.29, 0.717) is 30.9 Å². The van der Waals surface area contributed by atoms with Crippen molar-refractivity contribution in [1.29, 1.82) is 0 Å². The van der Waals surface area contributed by atoms with Gasteiger partial charge in [0.25, 0.3) is 5.91 Å². The van der Waals surface area contributed by atoms with Gasteiger partial charge in [-0.2, -0.15) is 0 Å². The average Bonchev–Trinajstić information content (AvgIpc) is 3.02. The lowest BCUT2D eigenvalue weighted by molar-refractivity contribution is -0.131. The second kappa shape index (κ2) is 7.66. The Kier molecular flexibility index (Phi) is 5.35. The third kappa shape index (κ3) is 3.87. The normalized spacial score (nSPS) is 19.3. The second-order valence-electron chi connectivity index (χ2n) is 6.60. The smallest absolute Gasteiger partial charge is 0.255 e. The van der Waals surface area contributed by atoms with Crippen LogP contribution in [0.5, 0.6) is 0 Å². The summed E-state index contributed by atoms with van der Waals surface area (Å²) in [6.45, 7) is 5.19. The van der Waals surface area contributed by atoms with Gasteiger partial charge in [0.2, 0.25) is 5.91 Å². The van der Waals surface area contributed by atoms with E-state index in [1.807, 2.05) is 21.9 Å². The summed E-state index contributed by atoms with van der Waals surface area (Å²) < 4.78 is 0. The van der Waals surface area contributed by atoms with Gasteiger partial charge in [-0.05, 0) is 31.4 Å². The number of nitrogen functional groups attached to an aromatic ring is 1. The number of nitrogens with zero attached hydrogens (tertiary/aromatic N) is 3. The number of hydrogen-bond acceptors (Lipinski definition) is 4. The van der Waals surface area contributed by atoms with Gasteiger partial charge in [-0.3, -0.25) is 14.5 Å². The maximum Gasteiger partial charge on any atom is 0.255 e. The van der Waals surface area contributed by atoms with Gasteiger partial charge in [-0.15, -0.1) is 0 Å². The van der Waals surface area contributed by atoms with Crippen molar-refractivity contribution in [3.05, 3.63) is 29.8 Å². The second-order valence-corrected chi connectivity index (χ2v) is 6.60. The highest BCUT2D eigenvalue weighted by atomic mass is 16.2. The van der Waals surface area contributed by atoms with Crippen molar-refractivity contribution in [2.75, 3.05) is 51.5 Å². The van der Waals surface area contributed by atoms with Gasteiger partial charge in [0, 0.05) is 45.0 Å². The molecule has 0 spiro atoms. The molecule has 3 rings (SSSR count). The molecule has 0 aromatic heterocycles. The van der Waals surface area contributed by atoms with Gasteiger partial charge in [-0.1, -0.05) is 12.1 Å². The third-order valence-electron chi connectivity index (χ3n) is 4.88. The van der Waals surface area contributed by atoms with E-state index in [2.05, 4.69) is 4.90 Å². The first-order valence-corrected chi connectivity index (χ1v) is 8.79. The van der Waals surface area contributed by atoms with E-state index in [1.54, 1.807) is 12.1 Å². The van der Waals surface area contributed by atoms with E-state index >= 15 is 0 Å². The maximum atomic E-state index is 12.7. The number of benzene rings is 1. The Morgan fingerprint density at radius 2 is 1.58 bits per heavy atom. The van der Waals surface area contributed by atoms with Crippen LogP contribution in [-0.2, 0) is 4.79 Å². The SMILES string of the molecule is Nc1ccccc1C(=O)N1CCCN(CC(=O)N2CCCC2)CC1. The molecule has 1 aromatic rings. The van der Waals surface area contributed by atoms with Gasteiger partial charge in [0.1, 0.15) is 0 Å². The van der Waals surface area contributed by atoms with Crippen LogP contribution in [-0.4, -0.2) is 72.3 Å². The zero-order valence-corrected chi connectivity index (χ0v) is 14.1. The van der Waals surface area contributed by atoms with Crippen LogP contribution in [0.2, 0.25) is 0 Å². The van der Waals surface area contributed by atoms with Crippen molar-refractivity contribution >= 4 is 17.5 Å². The Morgan fingerprint density at radius 1 is 0.875 bits per heavy atom. The van der Waals surface area contributed by atoms with Gasteiger partial charge in [0.15, 0.2) is 0 Å². The van der Waals surface area contributed by atoms with Gasteiger partial charge in [0.05, 0.1) is 12.1 Å². The Morgan fingerprint density at radius 3 is 2.33 bits per heavy atom. The van der Waals surface area contributed by atoms with Crippen molar-refractivity contribution in [2.24, 2.45) is 0 Å². The van der Waals surface area contributed by atoms with Crippen LogP contribution in [0.4, 0.5) is 5.69 Å². The van der Waals surface area contributed by atoms with Crippen LogP contribution in [0.15, 0.2) is 24.3 Å². The van der Waals surface area contributed by atoms with Crippen LogP contribution in [0.1, 0.15) is 29.6 Å². The number of hydrogen-bond donors (Lipinski definition) is 1. The number of anilines is 1. The topological polar surface area (TPSA) is 69.9 Å². The molecule has 2 heterocycles. The van der Waals surface area contributed by atoms with Crippen molar-refractivity contribution < 1.29 is 9.59 Å². The van der Waals surface area contributed by atoms with Gasteiger partial charge >= 0.3 is 0 Å². The summed E-state index contributed by atoms with van der Waals surface area (Å²) in [7, 11) is 0. The number of nitrogens with two attached hydrogens (primary N) is 1. The summed E-state index contributed by atoms with van der Waals surface area (Å²) in [5.41, 5.74) is 7.01. The lowest BCUT2D eigenvalue weighted by Crippen LogP contribution is -2.41. The minimum atomic E-state index is -0.0131. The predicted molar refractivity (Wildman–Crippen MR) is 93.6 cm³/mol. The number of rotatable bonds is 3. The minimum Gasteiger partial charge on any atom is -0.398 e. The van der Waals surface area contributed by atoms with Crippen molar-refractivity contribution in [2.45, 2.75) is 19.3 Å². The highest BCUT2D eigenvalue weighted by Gasteiger charge is 2.24. The summed E-state index contributed by atoms with van der Waals surface area (Å²) >= 11 is 0. The Balaban J connectivity index is 1.56. The first-order valence-electron chi connectivity index (χ1n) is 8.79. The molecule has 6 nitrogen and oxygen atoms in total. The average molecular weight is 330 g/mol. The van der Waals surface area contributed by atoms with Crippen LogP contribution < -0.4 is 5.73 Å². The number of carbonyl (C=O) groups excluding carboxylic acids is 2. The quantitative estimate of drug-likeness (QED) is 0.841. The molecule has 0 bridgehead atoms. The standard InChI is InChI=1S/C18H26N4O2/c19-16-7-2-1-6-15(16)18(24)22-11-5-8-20(12-13-22)14-17(23)21-9-3-4-10-21/h1-2,6-7H,3-5,8-14,19H2. The van der Waals surface area contributed by atoms with Gasteiger partial charge in [-0.25, -0.2) is 0 Å². The molecule has 0 aliphatic carbocycles. The third-order valence-corrected chi connectivity index (χ3v) is 4.88. The zero-order chi connectivity index (χ0) is 16.9. The molecule has 1 aromatic carbocycles. The lowest BCUT2D eigenvalue weighted by atomic mass is 10.1. The molecule has 2 fully saturated rings. The maximum absolute atomic E-state index is 12.7. The Bertz CT molecular complexity index is 598. The van der Waals surface area contributed by atoms with E-state index in [0.717, 1.165) is 45.4 Å². The Hall–Kier alpha value is -2.08. The zero-order valence-electron chi connectivity index (χ0n) is 14.1. The monoisotopic (exact) mass is 330 g/mol. The first-order chi connectivity index (χ1) is 11.6. The molecule has 0 saturated carbocycles. The molecule has 24 heavy (non-hydrogen) atoms. The van der Waals surface area contributed by atoms with Crippen LogP contribution >= 0.6 is 0 Å². The lowest BCUT2D eigenvalue weighted by Gasteiger charge is -2.24. The van der Waals surface area contributed by atoms with E-state index < -0.39 is 0 Å². The summed E-state index contributed by atoms with van der Waals surface area (Å²) in [5.74, 6) is 0.209. The molecule has 0 atom stereocenters. The van der Waals surface area contributed by atoms with Gasteiger partial charge < -0.3 is 15.5 Å². The summed E-state index contributed by atoms with van der Waals surface area (Å²) in [6, 6.07) is 7.20. The van der Waals surface area contributed by atoms with E-state index in [-0.39, 0.29) is 11.8 Å². The number of para-hydroxylation sites is 1. The van der Waals surface area contributed by atoms with E-state index in [1.165, 1.54) is 0 Å². The van der Waals surface area contributed by atoms with Crippen LogP contribution in [0, 0.1) is 0 Å². The van der Waals surface area contributed by atoms with E-state index in [9.17, 15) is 9.59 Å². The largest absolute Gasteiger partial charge is 0.398 e. The minimum absolute atomic E-state index is 0.0131. The molecule has 2 amide bonds. The predicted octanol–water partition coefficient (Wildman–Crippen LogP) is 1.04. The molecule has 2 saturated heterocycles. The highest BCUT2D eigenvalue weighted by Crippen LogP contribution is 2.15. The summed E-state index contributed by atoms with van der Waals surface area (Å²) in [6.07, 6.45) is 3.12. The fourth-order valence-corrected chi connectivity index (χ4v) is 3.45. The van der Waals surface area contributed by atoms with Crippen LogP contribution in [0.25, 0.3) is 0 Å². The van der Waals surface area contributed by atoms with Crippen LogP contribution in [0.3, 0.4) is 0 Å². The van der Waals surface area contributed by atoms with E-state index in [4.69, 9.17) is 5.73 Å².